The van der Waals surface area contributed by atoms with E-state index in [2.05, 4.69) is 16.8 Å². The van der Waals surface area contributed by atoms with Crippen LogP contribution < -0.4 is 5.32 Å². The fourth-order valence-electron chi connectivity index (χ4n) is 2.98. The number of allylic oxidation sites excluding steroid dienone is 1. The van der Waals surface area contributed by atoms with Crippen molar-refractivity contribution in [2.45, 2.75) is 31.7 Å². The summed E-state index contributed by atoms with van der Waals surface area (Å²) in [6.45, 7) is 6.97. The Labute approximate surface area is 136 Å². The van der Waals surface area contributed by atoms with Crippen molar-refractivity contribution in [2.75, 3.05) is 26.2 Å². The predicted octanol–water partition coefficient (Wildman–Crippen LogP) is 4.31. The smallest absolute Gasteiger partial charge is 0.149 e. The number of nitrogens with zero attached hydrogens (tertiary/aromatic N) is 1. The zero-order chi connectivity index (χ0) is 15.9. The van der Waals surface area contributed by atoms with Crippen LogP contribution in [-0.4, -0.2) is 31.1 Å². The van der Waals surface area contributed by atoms with Crippen LogP contribution in [0.2, 0.25) is 5.02 Å². The van der Waals surface area contributed by atoms with E-state index in [9.17, 15) is 8.78 Å². The molecule has 1 atom stereocenters. The summed E-state index contributed by atoms with van der Waals surface area (Å²) in [7, 11) is 0. The summed E-state index contributed by atoms with van der Waals surface area (Å²) in [5.74, 6) is -1.12. The zero-order valence-corrected chi connectivity index (χ0v) is 13.5. The van der Waals surface area contributed by atoms with Crippen LogP contribution >= 0.6 is 11.6 Å². The van der Waals surface area contributed by atoms with Crippen LogP contribution in [0.15, 0.2) is 24.8 Å². The van der Waals surface area contributed by atoms with E-state index in [1.165, 1.54) is 12.1 Å². The minimum Gasteiger partial charge on any atom is -0.314 e. The number of unbranched alkanes of at least 4 members (excludes halogenated alkanes) is 2. The molecule has 1 saturated heterocycles. The topological polar surface area (TPSA) is 15.3 Å². The quantitative estimate of drug-likeness (QED) is 0.456. The number of nitrogens with one attached hydrogen (secondary N) is 1. The van der Waals surface area contributed by atoms with Crippen molar-refractivity contribution in [1.29, 1.82) is 0 Å². The van der Waals surface area contributed by atoms with Gasteiger partial charge in [-0.1, -0.05) is 24.1 Å². The number of piperazine rings is 1. The summed E-state index contributed by atoms with van der Waals surface area (Å²) < 4.78 is 28.7. The molecule has 0 aromatic heterocycles. The monoisotopic (exact) mass is 328 g/mol. The normalized spacial score (nSPS) is 17.4. The molecule has 1 aromatic carbocycles. The lowest BCUT2D eigenvalue weighted by Gasteiger charge is -2.35. The van der Waals surface area contributed by atoms with E-state index >= 15 is 0 Å². The number of hydrogen-bond acceptors (Lipinski definition) is 2. The number of benzene rings is 1. The first-order chi connectivity index (χ1) is 10.6. The third kappa shape index (κ3) is 4.28. The van der Waals surface area contributed by atoms with E-state index < -0.39 is 11.6 Å². The Kier molecular flexibility index (Phi) is 6.80. The van der Waals surface area contributed by atoms with Gasteiger partial charge in [0.1, 0.15) is 11.6 Å². The average molecular weight is 329 g/mol. The summed E-state index contributed by atoms with van der Waals surface area (Å²) in [5, 5.41) is 3.26. The van der Waals surface area contributed by atoms with Gasteiger partial charge in [-0.15, -0.1) is 6.58 Å². The number of halogens is 3. The van der Waals surface area contributed by atoms with E-state index in [4.69, 9.17) is 11.6 Å². The molecule has 2 rings (SSSR count). The molecule has 1 aromatic rings. The fraction of sp³-hybridized carbons (Fsp3) is 0.529. The highest BCUT2D eigenvalue weighted by Gasteiger charge is 2.28. The highest BCUT2D eigenvalue weighted by atomic mass is 35.5. The Balaban J connectivity index is 2.22. The minimum atomic E-state index is -0.617. The summed E-state index contributed by atoms with van der Waals surface area (Å²) in [6, 6.07) is 2.28. The lowest BCUT2D eigenvalue weighted by atomic mass is 9.97. The third-order valence-electron chi connectivity index (χ3n) is 4.14. The van der Waals surface area contributed by atoms with E-state index in [1.807, 2.05) is 6.08 Å². The first-order valence-electron chi connectivity index (χ1n) is 7.84. The SMILES string of the molecule is C=CCCCC[C@@H](c1c(F)ccc(Cl)c1F)N1CCNCC1. The van der Waals surface area contributed by atoms with E-state index in [0.29, 0.717) is 0 Å². The average Bonchev–Trinajstić information content (AvgIpc) is 2.54. The molecule has 0 radical (unpaired) electrons. The summed E-state index contributed by atoms with van der Waals surface area (Å²) in [6.07, 6.45) is 5.42. The molecule has 1 fully saturated rings. The lowest BCUT2D eigenvalue weighted by Crippen LogP contribution is -2.45. The summed E-state index contributed by atoms with van der Waals surface area (Å²) in [4.78, 5) is 2.15. The summed E-state index contributed by atoms with van der Waals surface area (Å²) >= 11 is 5.87. The van der Waals surface area contributed by atoms with Gasteiger partial charge in [0.25, 0.3) is 0 Å². The molecular weight excluding hydrogens is 306 g/mol. The van der Waals surface area contributed by atoms with Crippen molar-refractivity contribution < 1.29 is 8.78 Å². The van der Waals surface area contributed by atoms with Gasteiger partial charge in [-0.25, -0.2) is 8.78 Å². The van der Waals surface area contributed by atoms with Crippen molar-refractivity contribution in [3.63, 3.8) is 0 Å². The molecule has 0 bridgehead atoms. The van der Waals surface area contributed by atoms with Gasteiger partial charge in [-0.2, -0.15) is 0 Å². The molecular formula is C17H23ClF2N2. The molecule has 0 saturated carbocycles. The second kappa shape index (κ2) is 8.61. The van der Waals surface area contributed by atoms with Gasteiger partial charge in [-0.05, 0) is 31.4 Å². The van der Waals surface area contributed by atoms with Gasteiger partial charge in [-0.3, -0.25) is 4.90 Å². The Morgan fingerprint density at radius 3 is 2.68 bits per heavy atom. The maximum Gasteiger partial charge on any atom is 0.149 e. The molecule has 122 valence electrons. The highest BCUT2D eigenvalue weighted by molar-refractivity contribution is 6.30. The van der Waals surface area contributed by atoms with E-state index in [-0.39, 0.29) is 16.6 Å². The van der Waals surface area contributed by atoms with E-state index in [0.717, 1.165) is 51.9 Å². The van der Waals surface area contributed by atoms with Crippen molar-refractivity contribution >= 4 is 11.6 Å². The summed E-state index contributed by atoms with van der Waals surface area (Å²) in [5.41, 5.74) is 0.119. The molecule has 1 N–H and O–H groups in total. The first-order valence-corrected chi connectivity index (χ1v) is 8.22. The van der Waals surface area contributed by atoms with Crippen LogP contribution in [0.5, 0.6) is 0 Å². The first kappa shape index (κ1) is 17.4. The maximum absolute atomic E-state index is 14.4. The zero-order valence-electron chi connectivity index (χ0n) is 12.8. The Bertz CT molecular complexity index is 502. The second-order valence-electron chi connectivity index (χ2n) is 5.63. The van der Waals surface area contributed by atoms with Crippen LogP contribution in [0.1, 0.15) is 37.3 Å². The fourth-order valence-corrected chi connectivity index (χ4v) is 3.14. The molecule has 22 heavy (non-hydrogen) atoms. The van der Waals surface area contributed by atoms with Crippen LogP contribution in [0, 0.1) is 11.6 Å². The van der Waals surface area contributed by atoms with Gasteiger partial charge in [0.2, 0.25) is 0 Å². The predicted molar refractivity (Wildman–Crippen MR) is 87.2 cm³/mol. The molecule has 5 heteroatoms. The molecule has 1 aliphatic rings. The Morgan fingerprint density at radius 2 is 2.00 bits per heavy atom. The van der Waals surface area contributed by atoms with Crippen LogP contribution in [0.3, 0.4) is 0 Å². The molecule has 2 nitrogen and oxygen atoms in total. The van der Waals surface area contributed by atoms with Crippen LogP contribution in [0.4, 0.5) is 8.78 Å². The van der Waals surface area contributed by atoms with Crippen molar-refractivity contribution in [3.05, 3.63) is 47.0 Å². The van der Waals surface area contributed by atoms with Gasteiger partial charge < -0.3 is 5.32 Å². The van der Waals surface area contributed by atoms with Gasteiger partial charge >= 0.3 is 0 Å². The lowest BCUT2D eigenvalue weighted by molar-refractivity contribution is 0.156. The van der Waals surface area contributed by atoms with Crippen molar-refractivity contribution in [1.82, 2.24) is 10.2 Å². The molecule has 0 unspecified atom stereocenters. The van der Waals surface area contributed by atoms with E-state index in [1.54, 1.807) is 0 Å². The van der Waals surface area contributed by atoms with Crippen LogP contribution in [0.25, 0.3) is 0 Å². The van der Waals surface area contributed by atoms with Crippen molar-refractivity contribution in [2.24, 2.45) is 0 Å². The van der Waals surface area contributed by atoms with Gasteiger partial charge in [0.05, 0.1) is 5.02 Å². The second-order valence-corrected chi connectivity index (χ2v) is 6.04. The number of hydrogen-bond donors (Lipinski definition) is 1. The largest absolute Gasteiger partial charge is 0.314 e. The highest BCUT2D eigenvalue weighted by Crippen LogP contribution is 2.33. The van der Waals surface area contributed by atoms with Crippen LogP contribution in [-0.2, 0) is 0 Å². The Hall–Kier alpha value is -0.970. The molecule has 1 heterocycles. The minimum absolute atomic E-state index is 0.0115. The van der Waals surface area contributed by atoms with Crippen molar-refractivity contribution in [3.8, 4) is 0 Å². The number of rotatable bonds is 7. The molecule has 0 aliphatic carbocycles. The Morgan fingerprint density at radius 1 is 1.27 bits per heavy atom. The van der Waals surface area contributed by atoms with Gasteiger partial charge in [0, 0.05) is 37.8 Å². The molecule has 0 amide bonds. The maximum atomic E-state index is 14.4. The third-order valence-corrected chi connectivity index (χ3v) is 4.43. The molecule has 0 spiro atoms. The van der Waals surface area contributed by atoms with Gasteiger partial charge in [0.15, 0.2) is 0 Å². The molecule has 1 aliphatic heterocycles. The standard InChI is InChI=1S/C17H23ClF2N2/c1-2-3-4-5-6-15(22-11-9-21-10-12-22)16-14(19)8-7-13(18)17(16)20/h2,7-8,15,21H,1,3-6,9-12H2/t15-/m0/s1.